The molecule has 0 radical (unpaired) electrons. The van der Waals surface area contributed by atoms with Gasteiger partial charge >= 0.3 is 0 Å². The van der Waals surface area contributed by atoms with E-state index >= 15 is 0 Å². The summed E-state index contributed by atoms with van der Waals surface area (Å²) in [6.45, 7) is 0. The number of rotatable bonds is 1. The van der Waals surface area contributed by atoms with Crippen molar-refractivity contribution in [2.45, 2.75) is 162 Å². The number of nitrogens with zero attached hydrogens (tertiary/aromatic N) is 1. The van der Waals surface area contributed by atoms with E-state index in [1.807, 2.05) is 0 Å². The summed E-state index contributed by atoms with van der Waals surface area (Å²) in [5.41, 5.74) is 0. The van der Waals surface area contributed by atoms with Crippen LogP contribution in [-0.2, 0) is 9.47 Å². The third kappa shape index (κ3) is 3.39. The zero-order valence-corrected chi connectivity index (χ0v) is 22.0. The van der Waals surface area contributed by atoms with Crippen LogP contribution in [-0.4, -0.2) is 57.9 Å². The van der Waals surface area contributed by atoms with Gasteiger partial charge < -0.3 is 9.47 Å². The molecular weight excluding hydrogens is 438 g/mol. The Morgan fingerprint density at radius 3 is 1.82 bits per heavy atom. The molecule has 8 fully saturated rings. The van der Waals surface area contributed by atoms with Crippen LogP contribution in [0.15, 0.2) is 0 Å². The zero-order valence-electron chi connectivity index (χ0n) is 21.2. The molecule has 5 aliphatic carbocycles. The van der Waals surface area contributed by atoms with Crippen LogP contribution >= 0.6 is 11.8 Å². The summed E-state index contributed by atoms with van der Waals surface area (Å²) in [6.07, 6.45) is 26.4. The first-order valence-electron chi connectivity index (χ1n) is 15.6. The maximum Gasteiger partial charge on any atom is 0.0735 e. The summed E-state index contributed by atoms with van der Waals surface area (Å²) in [6, 6.07) is 2.29. The summed E-state index contributed by atoms with van der Waals surface area (Å²) < 4.78 is 13.6. The van der Waals surface area contributed by atoms with Gasteiger partial charge in [0.05, 0.1) is 24.4 Å². The highest BCUT2D eigenvalue weighted by Gasteiger charge is 2.61. The first kappa shape index (κ1) is 22.2. The molecule has 3 saturated heterocycles. The van der Waals surface area contributed by atoms with Gasteiger partial charge in [-0.15, -0.1) is 0 Å². The first-order valence-corrected chi connectivity index (χ1v) is 16.5. The van der Waals surface area contributed by atoms with E-state index in [1.165, 1.54) is 109 Å². The predicted molar refractivity (Wildman–Crippen MR) is 138 cm³/mol. The molecule has 13 unspecified atom stereocenters. The fraction of sp³-hybridized carbons (Fsp3) is 1.00. The average Bonchev–Trinajstić information content (AvgIpc) is 3.45. The smallest absolute Gasteiger partial charge is 0.0735 e. The Kier molecular flexibility index (Phi) is 5.83. The Labute approximate surface area is 211 Å². The summed E-state index contributed by atoms with van der Waals surface area (Å²) in [7, 11) is 0. The predicted octanol–water partition coefficient (Wildman–Crippen LogP) is 6.58. The highest BCUT2D eigenvalue weighted by Crippen LogP contribution is 2.62. The van der Waals surface area contributed by atoms with Crippen LogP contribution in [0.25, 0.3) is 0 Å². The Hall–Kier alpha value is 0.230. The van der Waals surface area contributed by atoms with Crippen LogP contribution in [0, 0.1) is 23.7 Å². The minimum atomic E-state index is 0.540. The first-order chi connectivity index (χ1) is 16.9. The van der Waals surface area contributed by atoms with E-state index in [4.69, 9.17) is 9.47 Å². The molecular formula is C30H47NO2S. The summed E-state index contributed by atoms with van der Waals surface area (Å²) in [4.78, 5) is 3.20. The van der Waals surface area contributed by atoms with E-state index in [1.54, 1.807) is 0 Å². The van der Waals surface area contributed by atoms with Gasteiger partial charge in [-0.2, -0.15) is 11.8 Å². The molecule has 0 aromatic heterocycles. The molecule has 3 nitrogen and oxygen atoms in total. The van der Waals surface area contributed by atoms with Crippen LogP contribution in [0.5, 0.6) is 0 Å². The van der Waals surface area contributed by atoms with E-state index in [9.17, 15) is 0 Å². The lowest BCUT2D eigenvalue weighted by molar-refractivity contribution is -0.190. The van der Waals surface area contributed by atoms with Crippen molar-refractivity contribution >= 4 is 11.8 Å². The molecule has 8 aliphatic rings. The molecule has 0 bridgehead atoms. The molecule has 0 aromatic rings. The summed E-state index contributed by atoms with van der Waals surface area (Å²) in [5, 5.41) is 1.81. The maximum absolute atomic E-state index is 6.87. The largest absolute Gasteiger partial charge is 0.374 e. The van der Waals surface area contributed by atoms with Crippen molar-refractivity contribution in [3.63, 3.8) is 0 Å². The van der Waals surface area contributed by atoms with Crippen molar-refractivity contribution in [1.82, 2.24) is 4.90 Å². The van der Waals surface area contributed by atoms with Crippen molar-refractivity contribution in [3.05, 3.63) is 0 Å². The van der Waals surface area contributed by atoms with Gasteiger partial charge in [-0.25, -0.2) is 0 Å². The molecule has 34 heavy (non-hydrogen) atoms. The molecule has 3 heterocycles. The fourth-order valence-corrected chi connectivity index (χ4v) is 13.4. The van der Waals surface area contributed by atoms with E-state index < -0.39 is 0 Å². The van der Waals surface area contributed by atoms with Crippen LogP contribution in [0.2, 0.25) is 0 Å². The molecule has 13 atom stereocenters. The molecule has 0 N–H and O–H groups in total. The van der Waals surface area contributed by atoms with E-state index in [0.717, 1.165) is 52.3 Å². The standard InChI is InChI=1S/C30H47NO2S/c1-4-13-24-20(8-1)28-27(32-24)17-16-19-18-9-7-12-23(29(18)34-30(19)28)31-21-10-2-5-14-25(21)33-26-15-6-3-11-22(26)31/h18-30H,1-17H2. The number of morpholine rings is 1. The quantitative estimate of drug-likeness (QED) is 0.418. The van der Waals surface area contributed by atoms with Crippen molar-refractivity contribution in [2.75, 3.05) is 0 Å². The van der Waals surface area contributed by atoms with Gasteiger partial charge in [-0.3, -0.25) is 4.90 Å². The van der Waals surface area contributed by atoms with Crippen molar-refractivity contribution in [3.8, 4) is 0 Å². The monoisotopic (exact) mass is 485 g/mol. The Bertz CT molecular complexity index is 740. The normalized spacial score (nSPS) is 57.0. The Morgan fingerprint density at radius 2 is 1.03 bits per heavy atom. The lowest BCUT2D eigenvalue weighted by Gasteiger charge is -2.58. The van der Waals surface area contributed by atoms with E-state index in [0.29, 0.717) is 24.4 Å². The van der Waals surface area contributed by atoms with Gasteiger partial charge in [0, 0.05) is 34.5 Å². The molecule has 0 amide bonds. The fourth-order valence-electron chi connectivity index (χ4n) is 10.9. The second-order valence-corrected chi connectivity index (χ2v) is 14.9. The maximum atomic E-state index is 6.87. The van der Waals surface area contributed by atoms with Gasteiger partial charge in [-0.1, -0.05) is 44.9 Å². The molecule has 8 rings (SSSR count). The van der Waals surface area contributed by atoms with Gasteiger partial charge in [0.2, 0.25) is 0 Å². The van der Waals surface area contributed by atoms with Crippen LogP contribution < -0.4 is 0 Å². The Balaban J connectivity index is 1.10. The minimum Gasteiger partial charge on any atom is -0.374 e. The zero-order chi connectivity index (χ0) is 22.2. The van der Waals surface area contributed by atoms with Gasteiger partial charge in [-0.05, 0) is 82.0 Å². The highest BCUT2D eigenvalue weighted by atomic mass is 32.2. The second-order valence-electron chi connectivity index (χ2n) is 13.6. The molecule has 0 spiro atoms. The topological polar surface area (TPSA) is 21.7 Å². The third-order valence-electron chi connectivity index (χ3n) is 12.1. The van der Waals surface area contributed by atoms with E-state index in [2.05, 4.69) is 16.7 Å². The SMILES string of the molecule is C1CCC2C(C1)OC1CCC3C4CCCC(N5C6CCCCC6OC6CCCCC65)C4SC3C12. The number of thioether (sulfide) groups is 1. The number of ether oxygens (including phenoxy) is 2. The molecule has 0 aromatic carbocycles. The second kappa shape index (κ2) is 8.91. The molecule has 5 saturated carbocycles. The number of hydrogen-bond donors (Lipinski definition) is 0. The molecule has 190 valence electrons. The summed E-state index contributed by atoms with van der Waals surface area (Å²) in [5.74, 6) is 3.76. The summed E-state index contributed by atoms with van der Waals surface area (Å²) >= 11 is 2.53. The number of hydrogen-bond acceptors (Lipinski definition) is 4. The van der Waals surface area contributed by atoms with Crippen LogP contribution in [0.4, 0.5) is 0 Å². The van der Waals surface area contributed by atoms with Gasteiger partial charge in [0.15, 0.2) is 0 Å². The van der Waals surface area contributed by atoms with Gasteiger partial charge in [0.25, 0.3) is 0 Å². The van der Waals surface area contributed by atoms with Crippen molar-refractivity contribution in [2.24, 2.45) is 23.7 Å². The Morgan fingerprint density at radius 1 is 0.441 bits per heavy atom. The lowest BCUT2D eigenvalue weighted by Crippen LogP contribution is -2.67. The van der Waals surface area contributed by atoms with Crippen molar-refractivity contribution < 1.29 is 9.47 Å². The number of fused-ring (bicyclic) bond motifs is 9. The van der Waals surface area contributed by atoms with Crippen LogP contribution in [0.3, 0.4) is 0 Å². The minimum absolute atomic E-state index is 0.540. The van der Waals surface area contributed by atoms with Crippen LogP contribution in [0.1, 0.15) is 109 Å². The third-order valence-corrected chi connectivity index (χ3v) is 14.1. The lowest BCUT2D eigenvalue weighted by atomic mass is 9.64. The van der Waals surface area contributed by atoms with E-state index in [-0.39, 0.29) is 0 Å². The van der Waals surface area contributed by atoms with Crippen molar-refractivity contribution in [1.29, 1.82) is 0 Å². The highest BCUT2D eigenvalue weighted by molar-refractivity contribution is 8.00. The molecule has 3 aliphatic heterocycles. The average molecular weight is 486 g/mol. The molecule has 4 heteroatoms. The van der Waals surface area contributed by atoms with Gasteiger partial charge in [0.1, 0.15) is 0 Å².